The van der Waals surface area contributed by atoms with Gasteiger partial charge in [-0.2, -0.15) is 0 Å². The topological polar surface area (TPSA) is 49.8 Å². The minimum atomic E-state index is -0.863. The van der Waals surface area contributed by atoms with Gasteiger partial charge in [-0.15, -0.1) is 0 Å². The van der Waals surface area contributed by atoms with E-state index in [1.165, 1.54) is 5.56 Å². The number of piperidine rings is 1. The Morgan fingerprint density at radius 3 is 2.41 bits per heavy atom. The third-order valence-electron chi connectivity index (χ3n) is 6.29. The number of amides is 1. The zero-order valence-electron chi connectivity index (χ0n) is 16.0. The van der Waals surface area contributed by atoms with Crippen LogP contribution in [0.1, 0.15) is 47.9 Å². The maximum Gasteiger partial charge on any atom is 0.410 e. The summed E-state index contributed by atoms with van der Waals surface area (Å²) in [5, 5.41) is 11.5. The molecule has 2 saturated heterocycles. The monoisotopic (exact) mass is 365 g/mol. The van der Waals surface area contributed by atoms with E-state index in [9.17, 15) is 9.90 Å². The molecule has 2 aliphatic rings. The Morgan fingerprint density at radius 1 is 1.07 bits per heavy atom. The quantitative estimate of drug-likeness (QED) is 0.874. The van der Waals surface area contributed by atoms with Crippen molar-refractivity contribution < 1.29 is 14.6 Å². The van der Waals surface area contributed by atoms with Crippen LogP contribution >= 0.6 is 0 Å². The molecule has 0 aromatic heterocycles. The smallest absolute Gasteiger partial charge is 0.410 e. The van der Waals surface area contributed by atoms with E-state index in [-0.39, 0.29) is 24.8 Å². The molecule has 4 nitrogen and oxygen atoms in total. The first-order valence-electron chi connectivity index (χ1n) is 9.76. The molecule has 0 saturated carbocycles. The number of aliphatic hydroxyl groups is 1. The Hall–Kier alpha value is -2.33. The van der Waals surface area contributed by atoms with E-state index in [0.29, 0.717) is 12.8 Å². The minimum Gasteiger partial charge on any atom is -0.445 e. The van der Waals surface area contributed by atoms with Gasteiger partial charge in [-0.1, -0.05) is 48.5 Å². The number of hydrogen-bond donors (Lipinski definition) is 1. The van der Waals surface area contributed by atoms with Crippen LogP contribution in [0.25, 0.3) is 0 Å². The van der Waals surface area contributed by atoms with Gasteiger partial charge in [0.15, 0.2) is 0 Å². The lowest BCUT2D eigenvalue weighted by atomic mass is 9.78. The third kappa shape index (κ3) is 3.34. The average Bonchev–Trinajstić information content (AvgIpc) is 2.95. The largest absolute Gasteiger partial charge is 0.445 e. The SMILES string of the molecule is Cc1cccc(C2(O)CC3CCC(C2)N3C(=O)OCc2ccccc2)c1C. The molecule has 2 fully saturated rings. The summed E-state index contributed by atoms with van der Waals surface area (Å²) in [4.78, 5) is 14.6. The van der Waals surface area contributed by atoms with E-state index in [1.807, 2.05) is 47.4 Å². The molecule has 2 unspecified atom stereocenters. The number of rotatable bonds is 3. The lowest BCUT2D eigenvalue weighted by Gasteiger charge is -2.44. The summed E-state index contributed by atoms with van der Waals surface area (Å²) in [5.41, 5.74) is 3.48. The maximum absolute atomic E-state index is 12.7. The van der Waals surface area contributed by atoms with Crippen molar-refractivity contribution in [1.29, 1.82) is 0 Å². The van der Waals surface area contributed by atoms with Crippen molar-refractivity contribution >= 4 is 6.09 Å². The Morgan fingerprint density at radius 2 is 1.74 bits per heavy atom. The van der Waals surface area contributed by atoms with Crippen molar-refractivity contribution in [2.75, 3.05) is 0 Å². The Labute approximate surface area is 160 Å². The molecule has 2 aromatic rings. The van der Waals surface area contributed by atoms with Crippen molar-refractivity contribution in [2.24, 2.45) is 0 Å². The standard InChI is InChI=1S/C23H27NO3/c1-16-7-6-10-21(17(16)2)23(26)13-19-11-12-20(14-23)24(19)22(25)27-15-18-8-4-3-5-9-18/h3-10,19-20,26H,11-15H2,1-2H3. The molecule has 0 aliphatic carbocycles. The van der Waals surface area contributed by atoms with E-state index in [1.54, 1.807) is 0 Å². The molecule has 4 rings (SSSR count). The second kappa shape index (κ2) is 7.01. The van der Waals surface area contributed by atoms with Gasteiger partial charge in [-0.05, 0) is 48.9 Å². The van der Waals surface area contributed by atoms with Gasteiger partial charge in [0.1, 0.15) is 6.61 Å². The summed E-state index contributed by atoms with van der Waals surface area (Å²) >= 11 is 0. The minimum absolute atomic E-state index is 0.0388. The van der Waals surface area contributed by atoms with Gasteiger partial charge in [0.2, 0.25) is 0 Å². The van der Waals surface area contributed by atoms with Gasteiger partial charge in [-0.25, -0.2) is 4.79 Å². The number of fused-ring (bicyclic) bond motifs is 2. The van der Waals surface area contributed by atoms with E-state index in [2.05, 4.69) is 19.9 Å². The van der Waals surface area contributed by atoms with Crippen molar-refractivity contribution in [3.63, 3.8) is 0 Å². The van der Waals surface area contributed by atoms with Crippen molar-refractivity contribution in [3.05, 3.63) is 70.8 Å². The Kier molecular flexibility index (Phi) is 4.68. The maximum atomic E-state index is 12.7. The molecule has 2 aromatic carbocycles. The zero-order chi connectivity index (χ0) is 19.0. The molecule has 27 heavy (non-hydrogen) atoms. The van der Waals surface area contributed by atoms with E-state index < -0.39 is 5.60 Å². The summed E-state index contributed by atoms with van der Waals surface area (Å²) in [5.74, 6) is 0. The van der Waals surface area contributed by atoms with E-state index >= 15 is 0 Å². The molecule has 2 bridgehead atoms. The van der Waals surface area contributed by atoms with Crippen LogP contribution < -0.4 is 0 Å². The van der Waals surface area contributed by atoms with Crippen molar-refractivity contribution in [2.45, 2.75) is 63.8 Å². The highest BCUT2D eigenvalue weighted by atomic mass is 16.6. The fourth-order valence-corrected chi connectivity index (χ4v) is 4.79. The predicted molar refractivity (Wildman–Crippen MR) is 104 cm³/mol. The summed E-state index contributed by atoms with van der Waals surface area (Å²) in [7, 11) is 0. The molecule has 2 atom stereocenters. The lowest BCUT2D eigenvalue weighted by molar-refractivity contribution is -0.0540. The first-order chi connectivity index (χ1) is 13.0. The van der Waals surface area contributed by atoms with Gasteiger partial charge in [0, 0.05) is 24.9 Å². The summed E-state index contributed by atoms with van der Waals surface area (Å²) in [6, 6.07) is 15.9. The van der Waals surface area contributed by atoms with Crippen LogP contribution in [0.4, 0.5) is 4.79 Å². The molecule has 0 radical (unpaired) electrons. The van der Waals surface area contributed by atoms with Gasteiger partial charge < -0.3 is 14.7 Å². The second-order valence-corrected chi connectivity index (χ2v) is 8.02. The number of ether oxygens (including phenoxy) is 1. The highest BCUT2D eigenvalue weighted by Crippen LogP contribution is 2.47. The highest BCUT2D eigenvalue weighted by Gasteiger charge is 2.51. The first-order valence-corrected chi connectivity index (χ1v) is 9.76. The van der Waals surface area contributed by atoms with Crippen molar-refractivity contribution in [1.82, 2.24) is 4.90 Å². The average molecular weight is 365 g/mol. The molecule has 1 N–H and O–H groups in total. The van der Waals surface area contributed by atoms with Gasteiger partial charge >= 0.3 is 6.09 Å². The molecular weight excluding hydrogens is 338 g/mol. The number of benzene rings is 2. The van der Waals surface area contributed by atoms with Gasteiger partial charge in [-0.3, -0.25) is 0 Å². The first kappa shape index (κ1) is 18.1. The lowest BCUT2D eigenvalue weighted by Crippen LogP contribution is -2.52. The number of carbonyl (C=O) groups excluding carboxylic acids is 1. The van der Waals surface area contributed by atoms with Gasteiger partial charge in [0.25, 0.3) is 0 Å². The third-order valence-corrected chi connectivity index (χ3v) is 6.29. The molecule has 142 valence electrons. The van der Waals surface area contributed by atoms with Crippen LogP contribution in [0.5, 0.6) is 0 Å². The normalized spacial score (nSPS) is 26.9. The Balaban J connectivity index is 1.49. The van der Waals surface area contributed by atoms with Crippen LogP contribution in [0.3, 0.4) is 0 Å². The van der Waals surface area contributed by atoms with Crippen LogP contribution in [-0.4, -0.2) is 28.2 Å². The fourth-order valence-electron chi connectivity index (χ4n) is 4.79. The summed E-state index contributed by atoms with van der Waals surface area (Å²) < 4.78 is 5.57. The summed E-state index contributed by atoms with van der Waals surface area (Å²) in [6.45, 7) is 4.44. The molecule has 1 amide bonds. The highest BCUT2D eigenvalue weighted by molar-refractivity contribution is 5.69. The number of carbonyl (C=O) groups is 1. The Bertz CT molecular complexity index is 819. The second-order valence-electron chi connectivity index (χ2n) is 8.02. The van der Waals surface area contributed by atoms with E-state index in [4.69, 9.17) is 4.74 Å². The molecule has 2 aliphatic heterocycles. The number of aryl methyl sites for hydroxylation is 1. The number of nitrogens with zero attached hydrogens (tertiary/aromatic N) is 1. The van der Waals surface area contributed by atoms with Crippen LogP contribution in [0, 0.1) is 13.8 Å². The van der Waals surface area contributed by atoms with Crippen LogP contribution in [0.15, 0.2) is 48.5 Å². The zero-order valence-corrected chi connectivity index (χ0v) is 16.0. The van der Waals surface area contributed by atoms with Crippen LogP contribution in [-0.2, 0) is 16.9 Å². The van der Waals surface area contributed by atoms with Gasteiger partial charge in [0.05, 0.1) is 5.60 Å². The fraction of sp³-hybridized carbons (Fsp3) is 0.435. The molecule has 2 heterocycles. The van der Waals surface area contributed by atoms with Crippen LogP contribution in [0.2, 0.25) is 0 Å². The van der Waals surface area contributed by atoms with E-state index in [0.717, 1.165) is 29.5 Å². The summed E-state index contributed by atoms with van der Waals surface area (Å²) in [6.07, 6.45) is 2.76. The van der Waals surface area contributed by atoms with Crippen molar-refractivity contribution in [3.8, 4) is 0 Å². The molecule has 4 heteroatoms. The predicted octanol–water partition coefficient (Wildman–Crippen LogP) is 4.45. The molecular formula is C23H27NO3. The molecule has 0 spiro atoms. The number of hydrogen-bond acceptors (Lipinski definition) is 3.